The van der Waals surface area contributed by atoms with E-state index in [0.717, 1.165) is 42.6 Å². The molecule has 1 aromatic rings. The topological polar surface area (TPSA) is 75.7 Å². The Morgan fingerprint density at radius 3 is 2.48 bits per heavy atom. The van der Waals surface area contributed by atoms with Crippen molar-refractivity contribution in [2.24, 2.45) is 11.8 Å². The number of hydrogen-bond donors (Lipinski definition) is 1. The van der Waals surface area contributed by atoms with E-state index in [1.165, 1.54) is 4.90 Å². The van der Waals surface area contributed by atoms with Gasteiger partial charge in [-0.2, -0.15) is 0 Å². The molecule has 1 saturated heterocycles. The van der Waals surface area contributed by atoms with Gasteiger partial charge in [-0.1, -0.05) is 30.5 Å². The lowest BCUT2D eigenvalue weighted by Crippen LogP contribution is -2.35. The Hall–Kier alpha value is -2.37. The van der Waals surface area contributed by atoms with Crippen LogP contribution >= 0.6 is 0 Å². The highest BCUT2D eigenvalue weighted by molar-refractivity contribution is 6.05. The number of benzene rings is 1. The molecule has 2 atom stereocenters. The van der Waals surface area contributed by atoms with Gasteiger partial charge in [0, 0.05) is 19.5 Å². The Bertz CT molecular complexity index is 707. The summed E-state index contributed by atoms with van der Waals surface area (Å²) in [5.74, 6) is 0.206. The quantitative estimate of drug-likeness (QED) is 0.745. The minimum Gasteiger partial charge on any atom is -0.496 e. The lowest BCUT2D eigenvalue weighted by molar-refractivity contribution is -0.140. The number of fused-ring (bicyclic) bond motifs is 1. The number of imide groups is 1. The van der Waals surface area contributed by atoms with Gasteiger partial charge in [-0.25, -0.2) is 0 Å². The molecule has 146 valence electrons. The van der Waals surface area contributed by atoms with E-state index in [-0.39, 0.29) is 42.5 Å². The summed E-state index contributed by atoms with van der Waals surface area (Å²) in [5, 5.41) is 2.87. The van der Waals surface area contributed by atoms with Crippen LogP contribution in [0.1, 0.15) is 43.2 Å². The minimum atomic E-state index is -0.150. The van der Waals surface area contributed by atoms with Crippen LogP contribution in [0.15, 0.2) is 18.2 Å². The van der Waals surface area contributed by atoms with Crippen molar-refractivity contribution in [3.63, 3.8) is 0 Å². The van der Waals surface area contributed by atoms with Crippen LogP contribution in [0.3, 0.4) is 0 Å². The van der Waals surface area contributed by atoms with E-state index >= 15 is 0 Å². The summed E-state index contributed by atoms with van der Waals surface area (Å²) in [5.41, 5.74) is 2.19. The van der Waals surface area contributed by atoms with Crippen LogP contribution in [0.5, 0.6) is 5.75 Å². The summed E-state index contributed by atoms with van der Waals surface area (Å²) in [6, 6.07) is 5.97. The zero-order valence-corrected chi connectivity index (χ0v) is 16.1. The number of nitrogens with one attached hydrogen (secondary N) is 1. The molecule has 1 aromatic carbocycles. The number of carbonyl (C=O) groups excluding carboxylic acids is 3. The second kappa shape index (κ2) is 8.55. The summed E-state index contributed by atoms with van der Waals surface area (Å²) >= 11 is 0. The van der Waals surface area contributed by atoms with E-state index in [1.54, 1.807) is 7.11 Å². The molecule has 1 heterocycles. The molecular formula is C21H28N2O4. The van der Waals surface area contributed by atoms with E-state index < -0.39 is 0 Å². The van der Waals surface area contributed by atoms with E-state index in [1.807, 2.05) is 25.1 Å². The summed E-state index contributed by atoms with van der Waals surface area (Å²) in [4.78, 5) is 38.3. The molecule has 3 amide bonds. The van der Waals surface area contributed by atoms with Crippen molar-refractivity contribution >= 4 is 17.7 Å². The number of amides is 3. The molecule has 6 heteroatoms. The van der Waals surface area contributed by atoms with Gasteiger partial charge in [0.25, 0.3) is 0 Å². The number of carbonyl (C=O) groups is 3. The van der Waals surface area contributed by atoms with Gasteiger partial charge >= 0.3 is 0 Å². The number of methoxy groups -OCH3 is 1. The first kappa shape index (κ1) is 19.4. The van der Waals surface area contributed by atoms with Crippen molar-refractivity contribution in [3.8, 4) is 5.75 Å². The number of hydrogen-bond acceptors (Lipinski definition) is 4. The van der Waals surface area contributed by atoms with Gasteiger partial charge in [0.05, 0.1) is 18.9 Å². The van der Waals surface area contributed by atoms with Crippen LogP contribution < -0.4 is 10.1 Å². The second-order valence-corrected chi connectivity index (χ2v) is 7.49. The summed E-state index contributed by atoms with van der Waals surface area (Å²) in [6.07, 6.45) is 4.45. The third-order valence-electron chi connectivity index (χ3n) is 5.65. The predicted molar refractivity (Wildman–Crippen MR) is 101 cm³/mol. The first-order chi connectivity index (χ1) is 13.0. The average molecular weight is 372 g/mol. The van der Waals surface area contributed by atoms with Crippen LogP contribution in [0.2, 0.25) is 0 Å². The van der Waals surface area contributed by atoms with Gasteiger partial charge < -0.3 is 10.1 Å². The molecule has 2 fully saturated rings. The van der Waals surface area contributed by atoms with E-state index in [2.05, 4.69) is 5.32 Å². The summed E-state index contributed by atoms with van der Waals surface area (Å²) in [6.45, 7) is 2.69. The Morgan fingerprint density at radius 2 is 1.85 bits per heavy atom. The molecule has 0 spiro atoms. The third kappa shape index (κ3) is 4.31. The van der Waals surface area contributed by atoms with Crippen molar-refractivity contribution in [1.29, 1.82) is 0 Å². The molecule has 27 heavy (non-hydrogen) atoms. The molecule has 1 saturated carbocycles. The Balaban J connectivity index is 1.46. The van der Waals surface area contributed by atoms with Crippen LogP contribution in [0.4, 0.5) is 0 Å². The van der Waals surface area contributed by atoms with Gasteiger partial charge in [0.1, 0.15) is 5.75 Å². The van der Waals surface area contributed by atoms with Gasteiger partial charge in [-0.05, 0) is 37.8 Å². The molecule has 0 unspecified atom stereocenters. The first-order valence-corrected chi connectivity index (χ1v) is 9.76. The van der Waals surface area contributed by atoms with E-state index in [9.17, 15) is 14.4 Å². The molecule has 3 rings (SSSR count). The van der Waals surface area contributed by atoms with Gasteiger partial charge in [-0.15, -0.1) is 0 Å². The van der Waals surface area contributed by atoms with Crippen LogP contribution in [0, 0.1) is 18.8 Å². The fourth-order valence-corrected chi connectivity index (χ4v) is 4.19. The van der Waals surface area contributed by atoms with Gasteiger partial charge in [0.15, 0.2) is 0 Å². The van der Waals surface area contributed by atoms with E-state index in [4.69, 9.17) is 4.74 Å². The average Bonchev–Trinajstić information content (AvgIpc) is 2.91. The standard InChI is InChI=1S/C21H28N2O4/c1-14-7-8-18(27-2)15(13-14)9-11-22-19(24)10-12-23-20(25)16-5-3-4-6-17(16)21(23)26/h7-8,13,16-17H,3-6,9-12H2,1-2H3,(H,22,24)/t16-,17+. The van der Waals surface area contributed by atoms with Crippen molar-refractivity contribution in [2.45, 2.75) is 45.4 Å². The number of likely N-dealkylation sites (tertiary alicyclic amines) is 1. The monoisotopic (exact) mass is 372 g/mol. The first-order valence-electron chi connectivity index (χ1n) is 9.76. The van der Waals surface area contributed by atoms with Gasteiger partial charge in [0.2, 0.25) is 17.7 Å². The molecule has 1 aliphatic carbocycles. The lowest BCUT2D eigenvalue weighted by atomic mass is 9.81. The minimum absolute atomic E-state index is 0.0815. The van der Waals surface area contributed by atoms with E-state index in [0.29, 0.717) is 13.0 Å². The van der Waals surface area contributed by atoms with Crippen LogP contribution in [-0.4, -0.2) is 42.8 Å². The second-order valence-electron chi connectivity index (χ2n) is 7.49. The largest absolute Gasteiger partial charge is 0.496 e. The number of aryl methyl sites for hydroxylation is 1. The Labute approximate surface area is 160 Å². The molecular weight excluding hydrogens is 344 g/mol. The summed E-state index contributed by atoms with van der Waals surface area (Å²) in [7, 11) is 1.63. The molecule has 0 radical (unpaired) electrons. The summed E-state index contributed by atoms with van der Waals surface area (Å²) < 4.78 is 5.35. The molecule has 0 bridgehead atoms. The molecule has 2 aliphatic rings. The Morgan fingerprint density at radius 1 is 1.19 bits per heavy atom. The highest BCUT2D eigenvalue weighted by Gasteiger charge is 2.47. The molecule has 6 nitrogen and oxygen atoms in total. The highest BCUT2D eigenvalue weighted by atomic mass is 16.5. The normalized spacial score (nSPS) is 21.9. The number of ether oxygens (including phenoxy) is 1. The predicted octanol–water partition coefficient (Wildman–Crippen LogP) is 2.23. The fraction of sp³-hybridized carbons (Fsp3) is 0.571. The van der Waals surface area contributed by atoms with Crippen LogP contribution in [0.25, 0.3) is 0 Å². The Kier molecular flexibility index (Phi) is 6.14. The highest BCUT2D eigenvalue weighted by Crippen LogP contribution is 2.37. The van der Waals surface area contributed by atoms with Crippen molar-refractivity contribution in [3.05, 3.63) is 29.3 Å². The maximum atomic E-state index is 12.4. The molecule has 1 aliphatic heterocycles. The maximum Gasteiger partial charge on any atom is 0.233 e. The number of nitrogens with zero attached hydrogens (tertiary/aromatic N) is 1. The smallest absolute Gasteiger partial charge is 0.233 e. The van der Waals surface area contributed by atoms with Crippen molar-refractivity contribution in [1.82, 2.24) is 10.2 Å². The molecule has 0 aromatic heterocycles. The fourth-order valence-electron chi connectivity index (χ4n) is 4.19. The third-order valence-corrected chi connectivity index (χ3v) is 5.65. The van der Waals surface area contributed by atoms with Crippen molar-refractivity contribution in [2.75, 3.05) is 20.2 Å². The van der Waals surface area contributed by atoms with Gasteiger partial charge in [-0.3, -0.25) is 19.3 Å². The van der Waals surface area contributed by atoms with Crippen LogP contribution in [-0.2, 0) is 20.8 Å². The zero-order chi connectivity index (χ0) is 19.4. The van der Waals surface area contributed by atoms with Crippen molar-refractivity contribution < 1.29 is 19.1 Å². The molecule has 1 N–H and O–H groups in total. The zero-order valence-electron chi connectivity index (χ0n) is 16.1. The lowest BCUT2D eigenvalue weighted by Gasteiger charge is -2.19. The maximum absolute atomic E-state index is 12.4. The SMILES string of the molecule is COc1ccc(C)cc1CCNC(=O)CCN1C(=O)[C@H]2CCCC[C@H]2C1=O. The number of rotatable bonds is 7.